The Kier molecular flexibility index (Phi) is 3.46. The number of hydrogen-bond acceptors (Lipinski definition) is 2. The number of aryl methyl sites for hydroxylation is 1. The fourth-order valence-corrected chi connectivity index (χ4v) is 2.01. The second-order valence-corrected chi connectivity index (χ2v) is 4.45. The molecule has 0 saturated heterocycles. The number of rotatable bonds is 4. The van der Waals surface area contributed by atoms with Crippen molar-refractivity contribution in [3.8, 4) is 0 Å². The molecule has 1 heterocycles. The predicted octanol–water partition coefficient (Wildman–Crippen LogP) is 1.93. The van der Waals surface area contributed by atoms with Crippen LogP contribution >= 0.6 is 0 Å². The molecule has 0 spiro atoms. The van der Waals surface area contributed by atoms with E-state index in [2.05, 4.69) is 0 Å². The summed E-state index contributed by atoms with van der Waals surface area (Å²) in [6.45, 7) is 0.589. The van der Waals surface area contributed by atoms with Crippen LogP contribution in [0.15, 0.2) is 30.5 Å². The number of aromatic nitrogens is 1. The molecule has 1 aromatic carbocycles. The van der Waals surface area contributed by atoms with Crippen molar-refractivity contribution in [3.05, 3.63) is 36.0 Å². The van der Waals surface area contributed by atoms with E-state index in [9.17, 15) is 9.59 Å². The first kappa shape index (κ1) is 12.4. The van der Waals surface area contributed by atoms with Crippen LogP contribution in [0.25, 0.3) is 10.9 Å². The van der Waals surface area contributed by atoms with Gasteiger partial charge in [0.1, 0.15) is 0 Å². The minimum Gasteiger partial charge on any atom is -0.349 e. The Hall–Kier alpha value is -2.10. The maximum absolute atomic E-state index is 11.6. The lowest BCUT2D eigenvalue weighted by Crippen LogP contribution is -2.22. The van der Waals surface area contributed by atoms with Crippen molar-refractivity contribution in [1.82, 2.24) is 9.47 Å². The highest BCUT2D eigenvalue weighted by Crippen LogP contribution is 2.19. The van der Waals surface area contributed by atoms with Crippen LogP contribution in [0, 0.1) is 0 Å². The molecule has 0 aliphatic rings. The summed E-state index contributed by atoms with van der Waals surface area (Å²) in [6, 6.07) is 7.58. The third-order valence-electron chi connectivity index (χ3n) is 3.01. The summed E-state index contributed by atoms with van der Waals surface area (Å²) in [6.07, 6.45) is 3.21. The fraction of sp³-hybridized carbons (Fsp3) is 0.286. The van der Waals surface area contributed by atoms with Gasteiger partial charge >= 0.3 is 0 Å². The number of hydrogen-bond donors (Lipinski definition) is 0. The van der Waals surface area contributed by atoms with Crippen molar-refractivity contribution >= 4 is 23.1 Å². The highest BCUT2D eigenvalue weighted by atomic mass is 16.2. The fourth-order valence-electron chi connectivity index (χ4n) is 2.01. The molecule has 0 atom stereocenters. The van der Waals surface area contributed by atoms with Crippen LogP contribution in [0.2, 0.25) is 0 Å². The van der Waals surface area contributed by atoms with E-state index in [1.807, 2.05) is 29.0 Å². The molecule has 4 nitrogen and oxygen atoms in total. The van der Waals surface area contributed by atoms with Gasteiger partial charge in [0, 0.05) is 44.2 Å². The highest BCUT2D eigenvalue weighted by molar-refractivity contribution is 5.96. The second-order valence-electron chi connectivity index (χ2n) is 4.45. The van der Waals surface area contributed by atoms with Crippen LogP contribution in [-0.4, -0.2) is 35.8 Å². The van der Waals surface area contributed by atoms with Crippen LogP contribution < -0.4 is 0 Å². The lowest BCUT2D eigenvalue weighted by atomic mass is 10.1. The molecule has 0 fully saturated rings. The second kappa shape index (κ2) is 5.04. The molecule has 2 aromatic rings. The zero-order chi connectivity index (χ0) is 13.1. The first-order chi connectivity index (χ1) is 8.63. The van der Waals surface area contributed by atoms with Crippen LogP contribution in [0.1, 0.15) is 16.8 Å². The van der Waals surface area contributed by atoms with Crippen LogP contribution in [0.4, 0.5) is 0 Å². The molecule has 2 rings (SSSR count). The number of nitrogens with zero attached hydrogens (tertiary/aromatic N) is 2. The number of fused-ring (bicyclic) bond motifs is 1. The summed E-state index contributed by atoms with van der Waals surface area (Å²) in [5, 5.41) is 1.02. The third-order valence-corrected chi connectivity index (χ3v) is 3.01. The number of benzene rings is 1. The van der Waals surface area contributed by atoms with Gasteiger partial charge in [-0.2, -0.15) is 0 Å². The van der Waals surface area contributed by atoms with E-state index in [-0.39, 0.29) is 5.91 Å². The average molecular weight is 244 g/mol. The Morgan fingerprint density at radius 3 is 2.78 bits per heavy atom. The Bertz CT molecular complexity index is 584. The first-order valence-corrected chi connectivity index (χ1v) is 5.86. The van der Waals surface area contributed by atoms with Crippen molar-refractivity contribution in [3.63, 3.8) is 0 Å². The van der Waals surface area contributed by atoms with Gasteiger partial charge < -0.3 is 9.47 Å². The van der Waals surface area contributed by atoms with Crippen LogP contribution in [0.5, 0.6) is 0 Å². The predicted molar refractivity (Wildman–Crippen MR) is 70.6 cm³/mol. The van der Waals surface area contributed by atoms with Gasteiger partial charge in [0.2, 0.25) is 5.91 Å². The summed E-state index contributed by atoms with van der Waals surface area (Å²) >= 11 is 0. The summed E-state index contributed by atoms with van der Waals surface area (Å²) in [4.78, 5) is 24.2. The van der Waals surface area contributed by atoms with Crippen LogP contribution in [-0.2, 0) is 11.3 Å². The quantitative estimate of drug-likeness (QED) is 0.771. The van der Waals surface area contributed by atoms with E-state index in [1.165, 1.54) is 0 Å². The molecule has 1 amide bonds. The zero-order valence-corrected chi connectivity index (χ0v) is 10.6. The van der Waals surface area contributed by atoms with Gasteiger partial charge in [0.25, 0.3) is 0 Å². The lowest BCUT2D eigenvalue weighted by molar-refractivity contribution is -0.128. The van der Waals surface area contributed by atoms with Crippen molar-refractivity contribution in [1.29, 1.82) is 0 Å². The van der Waals surface area contributed by atoms with Crippen LogP contribution in [0.3, 0.4) is 0 Å². The van der Waals surface area contributed by atoms with E-state index in [1.54, 1.807) is 25.1 Å². The SMILES string of the molecule is CN(C)C(=O)CCn1ccc2cccc(C=O)c21. The number of carbonyl (C=O) groups is 2. The Morgan fingerprint density at radius 1 is 1.33 bits per heavy atom. The van der Waals surface area contributed by atoms with Gasteiger partial charge in [0.15, 0.2) is 6.29 Å². The van der Waals surface area contributed by atoms with Gasteiger partial charge in [-0.25, -0.2) is 0 Å². The number of aldehydes is 1. The molecule has 0 unspecified atom stereocenters. The number of carbonyl (C=O) groups excluding carboxylic acids is 2. The normalized spacial score (nSPS) is 10.6. The van der Waals surface area contributed by atoms with Crippen molar-refractivity contribution in [2.45, 2.75) is 13.0 Å². The van der Waals surface area contributed by atoms with E-state index in [0.717, 1.165) is 17.2 Å². The minimum absolute atomic E-state index is 0.0837. The topological polar surface area (TPSA) is 42.3 Å². The van der Waals surface area contributed by atoms with E-state index in [0.29, 0.717) is 18.5 Å². The lowest BCUT2D eigenvalue weighted by Gasteiger charge is -2.11. The molecule has 0 aliphatic carbocycles. The van der Waals surface area contributed by atoms with Gasteiger partial charge in [-0.15, -0.1) is 0 Å². The maximum Gasteiger partial charge on any atom is 0.223 e. The molecule has 0 N–H and O–H groups in total. The monoisotopic (exact) mass is 244 g/mol. The molecule has 4 heteroatoms. The Labute approximate surface area is 106 Å². The molecule has 0 bridgehead atoms. The van der Waals surface area contributed by atoms with Crippen molar-refractivity contribution < 1.29 is 9.59 Å². The standard InChI is InChI=1S/C14H16N2O2/c1-15(2)13(18)7-9-16-8-6-11-4-3-5-12(10-17)14(11)16/h3-6,8,10H,7,9H2,1-2H3. The minimum atomic E-state index is 0.0837. The van der Waals surface area contributed by atoms with Gasteiger partial charge in [-0.05, 0) is 12.1 Å². The van der Waals surface area contributed by atoms with E-state index in [4.69, 9.17) is 0 Å². The molecule has 94 valence electrons. The molecular formula is C14H16N2O2. The van der Waals surface area contributed by atoms with Gasteiger partial charge in [-0.1, -0.05) is 12.1 Å². The van der Waals surface area contributed by atoms with Crippen molar-refractivity contribution in [2.75, 3.05) is 14.1 Å². The van der Waals surface area contributed by atoms with Gasteiger partial charge in [0.05, 0.1) is 5.52 Å². The summed E-state index contributed by atoms with van der Waals surface area (Å²) in [5.74, 6) is 0.0837. The summed E-state index contributed by atoms with van der Waals surface area (Å²) < 4.78 is 1.96. The van der Waals surface area contributed by atoms with Crippen molar-refractivity contribution in [2.24, 2.45) is 0 Å². The van der Waals surface area contributed by atoms with E-state index < -0.39 is 0 Å². The molecule has 0 aliphatic heterocycles. The summed E-state index contributed by atoms with van der Waals surface area (Å²) in [7, 11) is 3.49. The third kappa shape index (κ3) is 2.27. The average Bonchev–Trinajstić information content (AvgIpc) is 2.78. The van der Waals surface area contributed by atoms with Gasteiger partial charge in [-0.3, -0.25) is 9.59 Å². The number of amides is 1. The molecular weight excluding hydrogens is 228 g/mol. The molecule has 0 saturated carbocycles. The highest BCUT2D eigenvalue weighted by Gasteiger charge is 2.08. The molecule has 18 heavy (non-hydrogen) atoms. The largest absolute Gasteiger partial charge is 0.349 e. The molecule has 1 aromatic heterocycles. The summed E-state index contributed by atoms with van der Waals surface area (Å²) in [5.41, 5.74) is 1.56. The maximum atomic E-state index is 11.6. The smallest absolute Gasteiger partial charge is 0.223 e. The number of para-hydroxylation sites is 1. The Balaban J connectivity index is 2.29. The Morgan fingerprint density at radius 2 is 2.11 bits per heavy atom. The zero-order valence-electron chi connectivity index (χ0n) is 10.6. The van der Waals surface area contributed by atoms with E-state index >= 15 is 0 Å². The first-order valence-electron chi connectivity index (χ1n) is 5.86. The molecule has 0 radical (unpaired) electrons.